The van der Waals surface area contributed by atoms with Crippen LogP contribution in [0.2, 0.25) is 0 Å². The minimum absolute atomic E-state index is 0.341. The predicted octanol–water partition coefficient (Wildman–Crippen LogP) is 1.39. The van der Waals surface area contributed by atoms with E-state index in [1.54, 1.807) is 23.1 Å². The van der Waals surface area contributed by atoms with Crippen LogP contribution in [0.25, 0.3) is 11.4 Å². The molecule has 16 heavy (non-hydrogen) atoms. The van der Waals surface area contributed by atoms with Crippen LogP contribution in [0, 0.1) is 12.3 Å². The highest BCUT2D eigenvalue weighted by Gasteiger charge is 2.10. The summed E-state index contributed by atoms with van der Waals surface area (Å²) in [5.74, 6) is 2.46. The Kier molecular flexibility index (Phi) is 2.79. The van der Waals surface area contributed by atoms with Gasteiger partial charge in [0.2, 0.25) is 0 Å². The summed E-state index contributed by atoms with van der Waals surface area (Å²) in [5, 5.41) is 4.22. The summed E-state index contributed by atoms with van der Waals surface area (Å²) in [6.07, 6.45) is 9.22. The number of aromatic nitrogens is 3. The van der Waals surface area contributed by atoms with Crippen LogP contribution in [0.5, 0.6) is 0 Å². The Hall–Kier alpha value is -2.41. The molecule has 2 heterocycles. The lowest BCUT2D eigenvalue weighted by Gasteiger charge is -1.95. The molecule has 0 bridgehead atoms. The molecular formula is C12H9N3O. The normalized spacial score (nSPS) is 9.69. The van der Waals surface area contributed by atoms with Gasteiger partial charge in [0, 0.05) is 12.4 Å². The Morgan fingerprint density at radius 1 is 1.50 bits per heavy atom. The Morgan fingerprint density at radius 3 is 3.00 bits per heavy atom. The zero-order valence-electron chi connectivity index (χ0n) is 8.50. The first kappa shape index (κ1) is 10.1. The third-order valence-corrected chi connectivity index (χ3v) is 2.08. The smallest absolute Gasteiger partial charge is 0.153 e. The van der Waals surface area contributed by atoms with E-state index in [1.807, 2.05) is 12.1 Å². The van der Waals surface area contributed by atoms with Gasteiger partial charge in [-0.1, -0.05) is 12.0 Å². The van der Waals surface area contributed by atoms with Crippen LogP contribution < -0.4 is 0 Å². The molecule has 4 heteroatoms. The lowest BCUT2D eigenvalue weighted by Crippen LogP contribution is -1.95. The largest absolute Gasteiger partial charge is 0.298 e. The van der Waals surface area contributed by atoms with Gasteiger partial charge in [0.1, 0.15) is 12.2 Å². The van der Waals surface area contributed by atoms with Crippen LogP contribution in [-0.2, 0) is 6.54 Å². The SMILES string of the molecule is C#CCn1cc(C=O)c(-c2ccccn2)n1. The maximum absolute atomic E-state index is 10.9. The summed E-state index contributed by atoms with van der Waals surface area (Å²) in [6.45, 7) is 0.341. The quantitative estimate of drug-likeness (QED) is 0.569. The number of hydrogen-bond donors (Lipinski definition) is 0. The number of pyridine rings is 1. The average Bonchev–Trinajstić information content (AvgIpc) is 2.74. The Labute approximate surface area is 92.9 Å². The van der Waals surface area contributed by atoms with Crippen LogP contribution in [-0.4, -0.2) is 21.1 Å². The lowest BCUT2D eigenvalue weighted by molar-refractivity contribution is 0.112. The molecule has 0 aliphatic carbocycles. The van der Waals surface area contributed by atoms with Crippen molar-refractivity contribution in [2.75, 3.05) is 0 Å². The lowest BCUT2D eigenvalue weighted by atomic mass is 10.2. The standard InChI is InChI=1S/C12H9N3O/c1-2-7-15-8-10(9-16)12(14-15)11-5-3-4-6-13-11/h1,3-6,8-9H,7H2. The van der Waals surface area contributed by atoms with E-state index in [1.165, 1.54) is 0 Å². The molecule has 0 aliphatic heterocycles. The zero-order valence-corrected chi connectivity index (χ0v) is 8.50. The van der Waals surface area contributed by atoms with Crippen LogP contribution >= 0.6 is 0 Å². The maximum atomic E-state index is 10.9. The topological polar surface area (TPSA) is 47.8 Å². The van der Waals surface area contributed by atoms with Crippen molar-refractivity contribution in [2.45, 2.75) is 6.54 Å². The molecule has 4 nitrogen and oxygen atoms in total. The third-order valence-electron chi connectivity index (χ3n) is 2.08. The second-order valence-electron chi connectivity index (χ2n) is 3.17. The van der Waals surface area contributed by atoms with E-state index < -0.39 is 0 Å². The Bertz CT molecular complexity index is 537. The first-order chi connectivity index (χ1) is 7.85. The fraction of sp³-hybridized carbons (Fsp3) is 0.0833. The van der Waals surface area contributed by atoms with E-state index in [9.17, 15) is 4.79 Å². The first-order valence-electron chi connectivity index (χ1n) is 4.72. The summed E-state index contributed by atoms with van der Waals surface area (Å²) < 4.78 is 1.55. The molecule has 2 aromatic rings. The van der Waals surface area contributed by atoms with Crippen LogP contribution in [0.15, 0.2) is 30.6 Å². The second-order valence-corrected chi connectivity index (χ2v) is 3.17. The molecule has 0 aliphatic rings. The van der Waals surface area contributed by atoms with Crippen molar-refractivity contribution >= 4 is 6.29 Å². The molecule has 2 aromatic heterocycles. The number of carbonyl (C=O) groups is 1. The van der Waals surface area contributed by atoms with Crippen molar-refractivity contribution in [3.8, 4) is 23.7 Å². The molecule has 0 amide bonds. The van der Waals surface area contributed by atoms with Crippen molar-refractivity contribution in [1.82, 2.24) is 14.8 Å². The highest BCUT2D eigenvalue weighted by molar-refractivity contribution is 5.84. The molecule has 0 radical (unpaired) electrons. The molecule has 78 valence electrons. The van der Waals surface area contributed by atoms with Crippen LogP contribution in [0.3, 0.4) is 0 Å². The molecule has 2 rings (SSSR count). The number of carbonyl (C=O) groups excluding carboxylic acids is 1. The molecule has 0 fully saturated rings. The van der Waals surface area contributed by atoms with Crippen molar-refractivity contribution in [1.29, 1.82) is 0 Å². The van der Waals surface area contributed by atoms with Gasteiger partial charge in [0.25, 0.3) is 0 Å². The number of hydrogen-bond acceptors (Lipinski definition) is 3. The summed E-state index contributed by atoms with van der Waals surface area (Å²) in [5.41, 5.74) is 1.72. The summed E-state index contributed by atoms with van der Waals surface area (Å²) >= 11 is 0. The van der Waals surface area contributed by atoms with Crippen LogP contribution in [0.4, 0.5) is 0 Å². The monoisotopic (exact) mass is 211 g/mol. The van der Waals surface area contributed by atoms with Crippen molar-refractivity contribution in [3.63, 3.8) is 0 Å². The van der Waals surface area contributed by atoms with Gasteiger partial charge in [0.15, 0.2) is 6.29 Å². The number of terminal acetylenes is 1. The van der Waals surface area contributed by atoms with Gasteiger partial charge in [-0.25, -0.2) is 0 Å². The van der Waals surface area contributed by atoms with E-state index in [2.05, 4.69) is 16.0 Å². The van der Waals surface area contributed by atoms with Gasteiger partial charge < -0.3 is 0 Å². The van der Waals surface area contributed by atoms with E-state index in [0.29, 0.717) is 23.5 Å². The summed E-state index contributed by atoms with van der Waals surface area (Å²) in [7, 11) is 0. The van der Waals surface area contributed by atoms with Gasteiger partial charge in [-0.15, -0.1) is 6.42 Å². The Balaban J connectivity index is 2.48. The van der Waals surface area contributed by atoms with Gasteiger partial charge in [-0.3, -0.25) is 14.5 Å². The van der Waals surface area contributed by atoms with Gasteiger partial charge in [0.05, 0.1) is 11.3 Å². The Morgan fingerprint density at radius 2 is 2.38 bits per heavy atom. The van der Waals surface area contributed by atoms with E-state index in [0.717, 1.165) is 6.29 Å². The number of rotatable bonds is 3. The molecule has 0 saturated carbocycles. The third kappa shape index (κ3) is 1.84. The van der Waals surface area contributed by atoms with Crippen LogP contribution in [0.1, 0.15) is 10.4 Å². The molecule has 0 saturated heterocycles. The molecule has 0 spiro atoms. The average molecular weight is 211 g/mol. The van der Waals surface area contributed by atoms with E-state index in [4.69, 9.17) is 6.42 Å². The fourth-order valence-corrected chi connectivity index (χ4v) is 1.40. The van der Waals surface area contributed by atoms with Crippen molar-refractivity contribution < 1.29 is 4.79 Å². The van der Waals surface area contributed by atoms with Gasteiger partial charge in [-0.2, -0.15) is 5.10 Å². The highest BCUT2D eigenvalue weighted by Crippen LogP contribution is 2.17. The number of aldehydes is 1. The first-order valence-corrected chi connectivity index (χ1v) is 4.72. The maximum Gasteiger partial charge on any atom is 0.153 e. The molecular weight excluding hydrogens is 202 g/mol. The van der Waals surface area contributed by atoms with E-state index >= 15 is 0 Å². The van der Waals surface area contributed by atoms with Gasteiger partial charge >= 0.3 is 0 Å². The second kappa shape index (κ2) is 4.41. The van der Waals surface area contributed by atoms with Crippen molar-refractivity contribution in [2.24, 2.45) is 0 Å². The minimum atomic E-state index is 0.341. The molecule has 0 unspecified atom stereocenters. The molecule has 0 N–H and O–H groups in total. The predicted molar refractivity (Wildman–Crippen MR) is 59.7 cm³/mol. The molecule has 0 aromatic carbocycles. The highest BCUT2D eigenvalue weighted by atomic mass is 16.1. The summed E-state index contributed by atoms with van der Waals surface area (Å²) in [6, 6.07) is 5.45. The summed E-state index contributed by atoms with van der Waals surface area (Å²) in [4.78, 5) is 15.0. The minimum Gasteiger partial charge on any atom is -0.298 e. The number of nitrogens with zero attached hydrogens (tertiary/aromatic N) is 3. The van der Waals surface area contributed by atoms with E-state index in [-0.39, 0.29) is 0 Å². The zero-order chi connectivity index (χ0) is 11.4. The fourth-order valence-electron chi connectivity index (χ4n) is 1.40. The van der Waals surface area contributed by atoms with Crippen molar-refractivity contribution in [3.05, 3.63) is 36.2 Å². The molecule has 0 atom stereocenters. The van der Waals surface area contributed by atoms with Gasteiger partial charge in [-0.05, 0) is 12.1 Å².